The van der Waals surface area contributed by atoms with Gasteiger partial charge in [0, 0.05) is 68.7 Å². The molecule has 0 bridgehead atoms. The highest BCUT2D eigenvalue weighted by atomic mass is 19.1. The molecule has 0 aromatic heterocycles. The van der Waals surface area contributed by atoms with Gasteiger partial charge in [-0.2, -0.15) is 0 Å². The van der Waals surface area contributed by atoms with Crippen LogP contribution in [0.2, 0.25) is 0 Å². The van der Waals surface area contributed by atoms with Gasteiger partial charge < -0.3 is 20.3 Å². The molecular weight excluding hydrogens is 371 g/mol. The van der Waals surface area contributed by atoms with E-state index in [0.717, 1.165) is 45.0 Å². The summed E-state index contributed by atoms with van der Waals surface area (Å²) in [5.41, 5.74) is 3.68. The van der Waals surface area contributed by atoms with Gasteiger partial charge in [0.1, 0.15) is 5.82 Å². The number of hydrogen-bond donors (Lipinski definition) is 2. The van der Waals surface area contributed by atoms with E-state index in [1.165, 1.54) is 17.8 Å². The van der Waals surface area contributed by atoms with Crippen molar-refractivity contribution < 1.29 is 13.9 Å². The van der Waals surface area contributed by atoms with Gasteiger partial charge >= 0.3 is 0 Å². The zero-order valence-electron chi connectivity index (χ0n) is 16.5. The smallest absolute Gasteiger partial charge is 0.257 e. The number of ether oxygens (including phenoxy) is 1. The van der Waals surface area contributed by atoms with Crippen molar-refractivity contribution in [3.63, 3.8) is 0 Å². The summed E-state index contributed by atoms with van der Waals surface area (Å²) in [7, 11) is 1.73. The predicted molar refractivity (Wildman–Crippen MR) is 114 cm³/mol. The number of carbonyl (C=O) groups excluding carboxylic acids is 1. The molecule has 0 atom stereocenters. The number of halogens is 1. The lowest BCUT2D eigenvalue weighted by molar-refractivity contribution is -0.110. The van der Waals surface area contributed by atoms with Crippen LogP contribution in [0.3, 0.4) is 0 Å². The first-order valence-electron chi connectivity index (χ1n) is 9.78. The first kappa shape index (κ1) is 19.4. The topological polar surface area (TPSA) is 56.8 Å². The second-order valence-electron chi connectivity index (χ2n) is 7.21. The SMILES string of the molecule is COCCN1CCN(c2ccc(N/C=C3/C(=O)Nc4ccc(F)cc43)cc2)CC1. The number of piperazine rings is 1. The zero-order valence-corrected chi connectivity index (χ0v) is 16.5. The van der Waals surface area contributed by atoms with Gasteiger partial charge in [-0.25, -0.2) is 4.39 Å². The molecule has 1 amide bonds. The number of carbonyl (C=O) groups is 1. The molecule has 0 saturated carbocycles. The quantitative estimate of drug-likeness (QED) is 0.736. The molecule has 1 fully saturated rings. The van der Waals surface area contributed by atoms with E-state index >= 15 is 0 Å². The van der Waals surface area contributed by atoms with Crippen molar-refractivity contribution in [2.75, 3.05) is 62.0 Å². The summed E-state index contributed by atoms with van der Waals surface area (Å²) >= 11 is 0. The van der Waals surface area contributed by atoms with Gasteiger partial charge in [0.05, 0.1) is 12.2 Å². The van der Waals surface area contributed by atoms with Crippen molar-refractivity contribution in [3.8, 4) is 0 Å². The number of amides is 1. The van der Waals surface area contributed by atoms with E-state index in [2.05, 4.69) is 32.6 Å². The normalized spacial score (nSPS) is 18.1. The lowest BCUT2D eigenvalue weighted by atomic mass is 10.1. The summed E-state index contributed by atoms with van der Waals surface area (Å²) in [5, 5.41) is 5.90. The molecule has 2 aliphatic rings. The Morgan fingerprint density at radius 3 is 2.62 bits per heavy atom. The highest BCUT2D eigenvalue weighted by Crippen LogP contribution is 2.32. The molecule has 0 radical (unpaired) electrons. The van der Waals surface area contributed by atoms with Crippen LogP contribution in [0.5, 0.6) is 0 Å². The Morgan fingerprint density at radius 2 is 1.90 bits per heavy atom. The third-order valence-corrected chi connectivity index (χ3v) is 5.36. The molecule has 29 heavy (non-hydrogen) atoms. The summed E-state index contributed by atoms with van der Waals surface area (Å²) in [6.07, 6.45) is 1.63. The summed E-state index contributed by atoms with van der Waals surface area (Å²) in [5.74, 6) is -0.598. The van der Waals surface area contributed by atoms with Crippen LogP contribution in [-0.4, -0.2) is 57.2 Å². The number of hydrogen-bond acceptors (Lipinski definition) is 5. The molecule has 2 aliphatic heterocycles. The molecule has 2 N–H and O–H groups in total. The number of nitrogens with zero attached hydrogens (tertiary/aromatic N) is 2. The highest BCUT2D eigenvalue weighted by molar-refractivity contribution is 6.31. The fourth-order valence-corrected chi connectivity index (χ4v) is 3.68. The lowest BCUT2D eigenvalue weighted by Crippen LogP contribution is -2.47. The molecule has 2 aromatic carbocycles. The maximum Gasteiger partial charge on any atom is 0.257 e. The van der Waals surface area contributed by atoms with Gasteiger partial charge in [0.2, 0.25) is 0 Å². The molecule has 0 aliphatic carbocycles. The van der Waals surface area contributed by atoms with Crippen molar-refractivity contribution in [1.82, 2.24) is 4.90 Å². The Bertz CT molecular complexity index is 906. The summed E-state index contributed by atoms with van der Waals surface area (Å²) in [6.45, 7) is 5.78. The van der Waals surface area contributed by atoms with Gasteiger partial charge in [-0.1, -0.05) is 0 Å². The Hall–Kier alpha value is -2.90. The van der Waals surface area contributed by atoms with Crippen molar-refractivity contribution in [2.24, 2.45) is 0 Å². The first-order valence-corrected chi connectivity index (χ1v) is 9.78. The predicted octanol–water partition coefficient (Wildman–Crippen LogP) is 3.00. The molecule has 0 unspecified atom stereocenters. The molecule has 7 heteroatoms. The van der Waals surface area contributed by atoms with Crippen molar-refractivity contribution in [3.05, 3.63) is 60.0 Å². The van der Waals surface area contributed by atoms with Crippen LogP contribution in [0.15, 0.2) is 48.7 Å². The van der Waals surface area contributed by atoms with Crippen LogP contribution >= 0.6 is 0 Å². The molecular formula is C22H25FN4O2. The fraction of sp³-hybridized carbons (Fsp3) is 0.318. The van der Waals surface area contributed by atoms with Crippen molar-refractivity contribution >= 4 is 28.5 Å². The fourth-order valence-electron chi connectivity index (χ4n) is 3.68. The average molecular weight is 396 g/mol. The first-order chi connectivity index (χ1) is 14.1. The van der Waals surface area contributed by atoms with E-state index in [-0.39, 0.29) is 11.7 Å². The minimum Gasteiger partial charge on any atom is -0.383 e. The molecule has 152 valence electrons. The summed E-state index contributed by atoms with van der Waals surface area (Å²) in [4.78, 5) is 16.9. The second-order valence-corrected chi connectivity index (χ2v) is 7.21. The largest absolute Gasteiger partial charge is 0.383 e. The van der Waals surface area contributed by atoms with Crippen LogP contribution in [-0.2, 0) is 9.53 Å². The second kappa shape index (κ2) is 8.63. The molecule has 2 heterocycles. The Kier molecular flexibility index (Phi) is 5.78. The van der Waals surface area contributed by atoms with Gasteiger partial charge in [-0.15, -0.1) is 0 Å². The standard InChI is InChI=1S/C22H25FN4O2/c1-29-13-12-26-8-10-27(11-9-26)18-5-3-17(4-6-18)24-15-20-19-14-16(23)2-7-21(19)25-22(20)28/h2-7,14-15,24H,8-13H2,1H3,(H,25,28)/b20-15+. The van der Waals surface area contributed by atoms with Crippen LogP contribution in [0.4, 0.5) is 21.5 Å². The summed E-state index contributed by atoms with van der Waals surface area (Å²) < 4.78 is 18.7. The molecule has 2 aromatic rings. The number of methoxy groups -OCH3 is 1. The Labute approximate surface area is 169 Å². The minimum absolute atomic E-state index is 0.235. The molecule has 4 rings (SSSR count). The van der Waals surface area contributed by atoms with E-state index < -0.39 is 0 Å². The van der Waals surface area contributed by atoms with Gasteiger partial charge in [0.15, 0.2) is 0 Å². The van der Waals surface area contributed by atoms with E-state index in [9.17, 15) is 9.18 Å². The van der Waals surface area contributed by atoms with Crippen molar-refractivity contribution in [1.29, 1.82) is 0 Å². The molecule has 6 nitrogen and oxygen atoms in total. The molecule has 0 spiro atoms. The lowest BCUT2D eigenvalue weighted by Gasteiger charge is -2.36. The average Bonchev–Trinajstić information content (AvgIpc) is 3.06. The minimum atomic E-state index is -0.363. The Balaban J connectivity index is 1.38. The van der Waals surface area contributed by atoms with E-state index in [4.69, 9.17) is 4.74 Å². The van der Waals surface area contributed by atoms with Gasteiger partial charge in [0.25, 0.3) is 5.91 Å². The zero-order chi connectivity index (χ0) is 20.2. The third-order valence-electron chi connectivity index (χ3n) is 5.36. The third kappa shape index (κ3) is 4.41. The van der Waals surface area contributed by atoms with Crippen LogP contribution in [0, 0.1) is 5.82 Å². The van der Waals surface area contributed by atoms with Crippen LogP contribution < -0.4 is 15.5 Å². The maximum absolute atomic E-state index is 13.5. The van der Waals surface area contributed by atoms with E-state index in [0.29, 0.717) is 16.8 Å². The van der Waals surface area contributed by atoms with Crippen LogP contribution in [0.25, 0.3) is 5.57 Å². The number of rotatable bonds is 6. The van der Waals surface area contributed by atoms with E-state index in [1.54, 1.807) is 19.4 Å². The number of fused-ring (bicyclic) bond motifs is 1. The monoisotopic (exact) mass is 396 g/mol. The Morgan fingerprint density at radius 1 is 1.14 bits per heavy atom. The van der Waals surface area contributed by atoms with Gasteiger partial charge in [-0.3, -0.25) is 9.69 Å². The number of benzene rings is 2. The molecule has 1 saturated heterocycles. The van der Waals surface area contributed by atoms with Gasteiger partial charge in [-0.05, 0) is 42.5 Å². The van der Waals surface area contributed by atoms with Crippen molar-refractivity contribution in [2.45, 2.75) is 0 Å². The van der Waals surface area contributed by atoms with Crippen LogP contribution in [0.1, 0.15) is 5.56 Å². The number of nitrogens with one attached hydrogen (secondary N) is 2. The number of anilines is 3. The maximum atomic E-state index is 13.5. The summed E-state index contributed by atoms with van der Waals surface area (Å²) in [6, 6.07) is 12.4. The van der Waals surface area contributed by atoms with E-state index in [1.807, 2.05) is 12.1 Å². The highest BCUT2D eigenvalue weighted by Gasteiger charge is 2.24.